The van der Waals surface area contributed by atoms with Crippen molar-refractivity contribution >= 4 is 26.2 Å². The Hall–Kier alpha value is 0.909. The van der Waals surface area contributed by atoms with Gasteiger partial charge in [0.1, 0.15) is 0 Å². The fraction of sp³-hybridized carbons (Fsp3) is 1.00. The van der Waals surface area contributed by atoms with Crippen molar-refractivity contribution in [2.24, 2.45) is 0 Å². The van der Waals surface area contributed by atoms with Crippen molar-refractivity contribution in [3.8, 4) is 0 Å². The van der Waals surface area contributed by atoms with E-state index >= 15 is 0 Å². The third-order valence-corrected chi connectivity index (χ3v) is 21.2. The number of phosphoric acid groups is 1. The summed E-state index contributed by atoms with van der Waals surface area (Å²) >= 11 is -2.50. The van der Waals surface area contributed by atoms with Gasteiger partial charge in [-0.15, -0.1) is 0 Å². The van der Waals surface area contributed by atoms with E-state index in [1.54, 1.807) is 0 Å². The summed E-state index contributed by atoms with van der Waals surface area (Å²) in [5.74, 6) is 0. The molecule has 0 radical (unpaired) electrons. The van der Waals surface area contributed by atoms with Crippen LogP contribution < -0.4 is 0 Å². The van der Waals surface area contributed by atoms with Crippen LogP contribution in [0.4, 0.5) is 0 Å². The first-order valence-electron chi connectivity index (χ1n) is 10.3. The second kappa shape index (κ2) is 14.0. The summed E-state index contributed by atoms with van der Waals surface area (Å²) in [4.78, 5) is 0. The minimum atomic E-state index is -3.47. The van der Waals surface area contributed by atoms with Crippen molar-refractivity contribution in [2.45, 2.75) is 113 Å². The summed E-state index contributed by atoms with van der Waals surface area (Å²) in [6.07, 6.45) is 7.14. The Morgan fingerprint density at radius 2 is 1.12 bits per heavy atom. The number of hydrogen-bond acceptors (Lipinski definition) is 4. The predicted molar refractivity (Wildman–Crippen MR) is 111 cm³/mol. The van der Waals surface area contributed by atoms with E-state index in [1.165, 1.54) is 51.8 Å². The molecule has 0 fully saturated rings. The fourth-order valence-corrected chi connectivity index (χ4v) is 21.2. The zero-order chi connectivity index (χ0) is 19.3. The second-order valence-electron chi connectivity index (χ2n) is 7.84. The monoisotopic (exact) mass is 486 g/mol. The van der Waals surface area contributed by atoms with Gasteiger partial charge in [0, 0.05) is 0 Å². The summed E-state index contributed by atoms with van der Waals surface area (Å²) in [6.45, 7) is 14.3. The van der Waals surface area contributed by atoms with Crippen molar-refractivity contribution in [3.05, 3.63) is 0 Å². The molecule has 0 aliphatic rings. The first kappa shape index (κ1) is 25.9. The Morgan fingerprint density at radius 3 is 1.40 bits per heavy atom. The van der Waals surface area contributed by atoms with E-state index in [1.807, 2.05) is 27.7 Å². The molecule has 0 unspecified atom stereocenters. The van der Waals surface area contributed by atoms with E-state index in [2.05, 4.69) is 20.8 Å². The predicted octanol–water partition coefficient (Wildman–Crippen LogP) is 7.35. The van der Waals surface area contributed by atoms with Crippen LogP contribution in [0.25, 0.3) is 0 Å². The van der Waals surface area contributed by atoms with Gasteiger partial charge in [0.2, 0.25) is 0 Å². The Kier molecular flexibility index (Phi) is 14.5. The van der Waals surface area contributed by atoms with Crippen LogP contribution in [0.5, 0.6) is 0 Å². The van der Waals surface area contributed by atoms with Gasteiger partial charge in [0.15, 0.2) is 0 Å². The number of hydrogen-bond donors (Lipinski definition) is 0. The van der Waals surface area contributed by atoms with Crippen LogP contribution in [0, 0.1) is 0 Å². The third-order valence-electron chi connectivity index (χ3n) is 4.39. The molecule has 0 aromatic heterocycles. The molecule has 152 valence electrons. The van der Waals surface area contributed by atoms with Crippen molar-refractivity contribution in [2.75, 3.05) is 4.62 Å². The molecular weight excluding hydrogens is 442 g/mol. The molecule has 0 amide bonds. The van der Waals surface area contributed by atoms with Crippen LogP contribution >= 0.6 is 7.82 Å². The quantitative estimate of drug-likeness (QED) is 0.169. The SMILES string of the molecule is CCC[CH2][Sn]([CH2]CCC)([CH2]CCC)[CH2]OP(=O)(OC(C)C)OC(C)C. The average Bonchev–Trinajstić information content (AvgIpc) is 2.52. The first-order chi connectivity index (χ1) is 11.7. The summed E-state index contributed by atoms with van der Waals surface area (Å²) in [7, 11) is -3.47. The molecule has 0 bridgehead atoms. The van der Waals surface area contributed by atoms with Crippen molar-refractivity contribution in [3.63, 3.8) is 0 Å². The van der Waals surface area contributed by atoms with E-state index in [9.17, 15) is 4.57 Å². The molecule has 0 aliphatic heterocycles. The van der Waals surface area contributed by atoms with Crippen molar-refractivity contribution < 1.29 is 18.1 Å². The van der Waals surface area contributed by atoms with Gasteiger partial charge in [-0.2, -0.15) is 0 Å². The van der Waals surface area contributed by atoms with E-state index in [0.29, 0.717) is 4.62 Å². The van der Waals surface area contributed by atoms with Crippen molar-refractivity contribution in [1.29, 1.82) is 0 Å². The molecule has 0 atom stereocenters. The van der Waals surface area contributed by atoms with Crippen LogP contribution in [0.2, 0.25) is 13.3 Å². The van der Waals surface area contributed by atoms with E-state index in [4.69, 9.17) is 13.6 Å². The zero-order valence-corrected chi connectivity index (χ0v) is 21.6. The van der Waals surface area contributed by atoms with Gasteiger partial charge >= 0.3 is 161 Å². The average molecular weight is 485 g/mol. The van der Waals surface area contributed by atoms with Gasteiger partial charge < -0.3 is 0 Å². The zero-order valence-electron chi connectivity index (χ0n) is 17.8. The van der Waals surface area contributed by atoms with Crippen molar-refractivity contribution in [1.82, 2.24) is 0 Å². The van der Waals surface area contributed by atoms with Crippen LogP contribution in [-0.2, 0) is 18.1 Å². The van der Waals surface area contributed by atoms with Gasteiger partial charge in [-0.1, -0.05) is 0 Å². The molecule has 4 nitrogen and oxygen atoms in total. The molecule has 0 aromatic carbocycles. The Morgan fingerprint density at radius 1 is 0.760 bits per heavy atom. The summed E-state index contributed by atoms with van der Waals surface area (Å²) < 4.78 is 34.9. The molecular formula is C19H43O4PSn. The maximum atomic E-state index is 13.1. The molecule has 0 N–H and O–H groups in total. The third kappa shape index (κ3) is 12.1. The number of phosphoric ester groups is 1. The van der Waals surface area contributed by atoms with Crippen LogP contribution in [0.3, 0.4) is 0 Å². The maximum absolute atomic E-state index is 13.1. The molecule has 0 aliphatic carbocycles. The van der Waals surface area contributed by atoms with Gasteiger partial charge in [-0.25, -0.2) is 0 Å². The molecule has 6 heteroatoms. The fourth-order valence-electron chi connectivity index (χ4n) is 3.06. The normalized spacial score (nSPS) is 13.2. The van der Waals surface area contributed by atoms with Crippen LogP contribution in [-0.4, -0.2) is 35.2 Å². The summed E-state index contributed by atoms with van der Waals surface area (Å²) in [6, 6.07) is 0. The molecule has 25 heavy (non-hydrogen) atoms. The second-order valence-corrected chi connectivity index (χ2v) is 23.1. The van der Waals surface area contributed by atoms with E-state index < -0.39 is 26.2 Å². The van der Waals surface area contributed by atoms with Gasteiger partial charge in [0.25, 0.3) is 0 Å². The topological polar surface area (TPSA) is 44.8 Å². The van der Waals surface area contributed by atoms with Crippen LogP contribution in [0.15, 0.2) is 0 Å². The Labute approximate surface area is 161 Å². The van der Waals surface area contributed by atoms with Gasteiger partial charge in [-0.3, -0.25) is 0 Å². The summed E-state index contributed by atoms with van der Waals surface area (Å²) in [5, 5.41) is 0. The summed E-state index contributed by atoms with van der Waals surface area (Å²) in [5.41, 5.74) is 0. The van der Waals surface area contributed by atoms with Crippen LogP contribution in [0.1, 0.15) is 87.0 Å². The van der Waals surface area contributed by atoms with Gasteiger partial charge in [0.05, 0.1) is 0 Å². The molecule has 0 rings (SSSR count). The molecule has 0 aromatic rings. The Balaban J connectivity index is 5.22. The minimum absolute atomic E-state index is 0.170. The number of rotatable bonds is 16. The van der Waals surface area contributed by atoms with Gasteiger partial charge in [-0.05, 0) is 0 Å². The molecule has 0 saturated carbocycles. The van der Waals surface area contributed by atoms with E-state index in [-0.39, 0.29) is 12.2 Å². The molecule has 0 heterocycles. The van der Waals surface area contributed by atoms with E-state index in [0.717, 1.165) is 0 Å². The standard InChI is InChI=1S/C7H16O4P.3C4H9.Sn/c1-6(2)10-12(8,9-5)11-7(3)4;3*1-3-4-2;/h6-7H,5H2,1-4H3;3*1,3-4H2,2H3;. The Bertz CT molecular complexity index is 339. The first-order valence-corrected chi connectivity index (χ1v) is 19.9. The molecule has 0 saturated heterocycles. The molecule has 0 spiro atoms. The number of unbranched alkanes of at least 4 members (excludes halogenated alkanes) is 3.